The van der Waals surface area contributed by atoms with Crippen LogP contribution in [0.15, 0.2) is 24.3 Å². The van der Waals surface area contributed by atoms with Crippen LogP contribution in [0, 0.1) is 5.92 Å². The van der Waals surface area contributed by atoms with E-state index in [0.29, 0.717) is 43.7 Å². The molecule has 1 aromatic rings. The van der Waals surface area contributed by atoms with Gasteiger partial charge in [-0.3, -0.25) is 24.1 Å². The van der Waals surface area contributed by atoms with Crippen molar-refractivity contribution in [1.82, 2.24) is 14.7 Å². The summed E-state index contributed by atoms with van der Waals surface area (Å²) in [6, 6.07) is 6.62. The van der Waals surface area contributed by atoms with Crippen LogP contribution in [0.3, 0.4) is 0 Å². The molecule has 0 atom stereocenters. The second-order valence-electron chi connectivity index (χ2n) is 7.08. The molecule has 1 aromatic carbocycles. The Labute approximate surface area is 151 Å². The summed E-state index contributed by atoms with van der Waals surface area (Å²) < 4.78 is 0. The SMILES string of the molecule is O=C(CN1C(=O)c2ccccc2C1=O)N1CCCN(C(=O)C2CC2)CC1. The Bertz CT molecular complexity index is 752. The molecule has 26 heavy (non-hydrogen) atoms. The van der Waals surface area contributed by atoms with Gasteiger partial charge >= 0.3 is 0 Å². The van der Waals surface area contributed by atoms with Gasteiger partial charge in [0.2, 0.25) is 11.8 Å². The van der Waals surface area contributed by atoms with Crippen molar-refractivity contribution in [2.75, 3.05) is 32.7 Å². The lowest BCUT2D eigenvalue weighted by Crippen LogP contribution is -2.44. The van der Waals surface area contributed by atoms with Gasteiger partial charge in [-0.25, -0.2) is 0 Å². The number of rotatable bonds is 3. The van der Waals surface area contributed by atoms with Gasteiger partial charge in [0.05, 0.1) is 11.1 Å². The van der Waals surface area contributed by atoms with Crippen LogP contribution in [0.4, 0.5) is 0 Å². The average Bonchev–Trinajstić information content (AvgIpc) is 3.48. The van der Waals surface area contributed by atoms with E-state index >= 15 is 0 Å². The van der Waals surface area contributed by atoms with E-state index in [1.54, 1.807) is 29.2 Å². The molecule has 2 aliphatic heterocycles. The fraction of sp³-hybridized carbons (Fsp3) is 0.474. The maximum atomic E-state index is 12.6. The standard InChI is InChI=1S/C19H21N3O4/c23-16(12-22-18(25)14-4-1-2-5-15(14)19(22)26)20-8-3-9-21(11-10-20)17(24)13-6-7-13/h1-2,4-5,13H,3,6-12H2. The summed E-state index contributed by atoms with van der Waals surface area (Å²) in [5.41, 5.74) is 0.699. The Morgan fingerprint density at radius 3 is 2.08 bits per heavy atom. The normalized spacial score (nSPS) is 20.2. The van der Waals surface area contributed by atoms with E-state index in [-0.39, 0.29) is 24.3 Å². The van der Waals surface area contributed by atoms with Gasteiger partial charge in [-0.2, -0.15) is 0 Å². The van der Waals surface area contributed by atoms with Gasteiger partial charge in [0.25, 0.3) is 11.8 Å². The number of carbonyl (C=O) groups excluding carboxylic acids is 4. The summed E-state index contributed by atoms with van der Waals surface area (Å²) >= 11 is 0. The molecule has 1 saturated heterocycles. The molecule has 0 unspecified atom stereocenters. The van der Waals surface area contributed by atoms with Gasteiger partial charge in [-0.05, 0) is 31.4 Å². The van der Waals surface area contributed by atoms with E-state index in [4.69, 9.17) is 0 Å². The van der Waals surface area contributed by atoms with Crippen LogP contribution in [0.2, 0.25) is 0 Å². The van der Waals surface area contributed by atoms with Gasteiger partial charge in [-0.15, -0.1) is 0 Å². The molecule has 4 amide bonds. The number of hydrogen-bond donors (Lipinski definition) is 0. The van der Waals surface area contributed by atoms with Crippen molar-refractivity contribution in [3.63, 3.8) is 0 Å². The number of benzene rings is 1. The summed E-state index contributed by atoms with van der Waals surface area (Å²) in [5, 5.41) is 0. The highest BCUT2D eigenvalue weighted by Gasteiger charge is 2.38. The molecule has 0 spiro atoms. The Kier molecular flexibility index (Phi) is 4.22. The maximum Gasteiger partial charge on any atom is 0.262 e. The van der Waals surface area contributed by atoms with Crippen molar-refractivity contribution in [2.45, 2.75) is 19.3 Å². The largest absolute Gasteiger partial charge is 0.341 e. The molecule has 2 fully saturated rings. The molecule has 7 nitrogen and oxygen atoms in total. The highest BCUT2D eigenvalue weighted by molar-refractivity contribution is 6.22. The van der Waals surface area contributed by atoms with Crippen molar-refractivity contribution in [3.05, 3.63) is 35.4 Å². The topological polar surface area (TPSA) is 78.0 Å². The van der Waals surface area contributed by atoms with Crippen LogP contribution in [0.1, 0.15) is 40.0 Å². The number of hydrogen-bond acceptors (Lipinski definition) is 4. The van der Waals surface area contributed by atoms with E-state index < -0.39 is 11.8 Å². The maximum absolute atomic E-state index is 12.6. The highest BCUT2D eigenvalue weighted by atomic mass is 16.2. The third-order valence-electron chi connectivity index (χ3n) is 5.26. The fourth-order valence-electron chi connectivity index (χ4n) is 3.59. The zero-order valence-corrected chi connectivity index (χ0v) is 14.5. The molecule has 0 aromatic heterocycles. The van der Waals surface area contributed by atoms with E-state index in [1.807, 2.05) is 4.90 Å². The van der Waals surface area contributed by atoms with E-state index in [9.17, 15) is 19.2 Å². The number of imide groups is 1. The Morgan fingerprint density at radius 2 is 1.46 bits per heavy atom. The number of fused-ring (bicyclic) bond motifs is 1. The first-order valence-electron chi connectivity index (χ1n) is 9.08. The van der Waals surface area contributed by atoms with Crippen molar-refractivity contribution < 1.29 is 19.2 Å². The molecular formula is C19H21N3O4. The molecule has 1 aliphatic carbocycles. The second kappa shape index (κ2) is 6.55. The highest BCUT2D eigenvalue weighted by Crippen LogP contribution is 2.31. The van der Waals surface area contributed by atoms with Crippen molar-refractivity contribution in [1.29, 1.82) is 0 Å². The average molecular weight is 355 g/mol. The predicted molar refractivity (Wildman–Crippen MR) is 92.3 cm³/mol. The molecule has 0 bridgehead atoms. The summed E-state index contributed by atoms with van der Waals surface area (Å²) in [4.78, 5) is 54.2. The predicted octanol–water partition coefficient (Wildman–Crippen LogP) is 0.754. The first-order chi connectivity index (χ1) is 12.6. The lowest BCUT2D eigenvalue weighted by atomic mass is 10.1. The van der Waals surface area contributed by atoms with Crippen molar-refractivity contribution >= 4 is 23.6 Å². The third-order valence-corrected chi connectivity index (χ3v) is 5.26. The van der Waals surface area contributed by atoms with Crippen LogP contribution in [-0.4, -0.2) is 71.1 Å². The van der Waals surface area contributed by atoms with Gasteiger partial charge in [0.1, 0.15) is 6.54 Å². The van der Waals surface area contributed by atoms with Crippen LogP contribution in [0.25, 0.3) is 0 Å². The minimum atomic E-state index is -0.417. The quantitative estimate of drug-likeness (QED) is 0.750. The first kappa shape index (κ1) is 16.8. The molecule has 1 saturated carbocycles. The van der Waals surface area contributed by atoms with Gasteiger partial charge in [0.15, 0.2) is 0 Å². The smallest absolute Gasteiger partial charge is 0.262 e. The van der Waals surface area contributed by atoms with E-state index in [2.05, 4.69) is 0 Å². The number of amides is 4. The number of carbonyl (C=O) groups is 4. The fourth-order valence-corrected chi connectivity index (χ4v) is 3.59. The van der Waals surface area contributed by atoms with Gasteiger partial charge < -0.3 is 9.80 Å². The van der Waals surface area contributed by atoms with Gasteiger partial charge in [-0.1, -0.05) is 12.1 Å². The van der Waals surface area contributed by atoms with Crippen molar-refractivity contribution in [3.8, 4) is 0 Å². The molecule has 136 valence electrons. The first-order valence-corrected chi connectivity index (χ1v) is 9.08. The summed E-state index contributed by atoms with van der Waals surface area (Å²) in [7, 11) is 0. The van der Waals surface area contributed by atoms with Gasteiger partial charge in [0, 0.05) is 32.1 Å². The number of nitrogens with zero attached hydrogens (tertiary/aromatic N) is 3. The monoisotopic (exact) mass is 355 g/mol. The molecule has 2 heterocycles. The van der Waals surface area contributed by atoms with Crippen molar-refractivity contribution in [2.24, 2.45) is 5.92 Å². The lowest BCUT2D eigenvalue weighted by Gasteiger charge is -2.24. The Balaban J connectivity index is 1.39. The summed E-state index contributed by atoms with van der Waals surface area (Å²) in [6.07, 6.45) is 2.65. The van der Waals surface area contributed by atoms with Crippen LogP contribution in [-0.2, 0) is 9.59 Å². The Morgan fingerprint density at radius 1 is 0.885 bits per heavy atom. The Hall–Kier alpha value is -2.70. The molecular weight excluding hydrogens is 334 g/mol. The van der Waals surface area contributed by atoms with E-state index in [0.717, 1.165) is 17.7 Å². The van der Waals surface area contributed by atoms with Crippen LogP contribution >= 0.6 is 0 Å². The lowest BCUT2D eigenvalue weighted by molar-refractivity contribution is -0.134. The molecule has 0 radical (unpaired) electrons. The van der Waals surface area contributed by atoms with Crippen LogP contribution < -0.4 is 0 Å². The van der Waals surface area contributed by atoms with Crippen LogP contribution in [0.5, 0.6) is 0 Å². The minimum Gasteiger partial charge on any atom is -0.341 e. The zero-order chi connectivity index (χ0) is 18.3. The summed E-state index contributed by atoms with van der Waals surface area (Å²) in [6.45, 7) is 1.91. The third kappa shape index (κ3) is 2.98. The molecule has 7 heteroatoms. The molecule has 4 rings (SSSR count). The minimum absolute atomic E-state index is 0.176. The molecule has 0 N–H and O–H groups in total. The summed E-state index contributed by atoms with van der Waals surface area (Å²) in [5.74, 6) is -0.714. The zero-order valence-electron chi connectivity index (χ0n) is 14.5. The van der Waals surface area contributed by atoms with E-state index in [1.165, 1.54) is 0 Å². The molecule has 3 aliphatic rings. The second-order valence-corrected chi connectivity index (χ2v) is 7.08.